The highest BCUT2D eigenvalue weighted by atomic mass is 19.1. The molecule has 3 aromatic rings. The molecule has 25 heavy (non-hydrogen) atoms. The van der Waals surface area contributed by atoms with Crippen molar-refractivity contribution in [2.24, 2.45) is 0 Å². The molecule has 0 atom stereocenters. The number of rotatable bonds is 3. The molecule has 0 bridgehead atoms. The fraction of sp³-hybridized carbons (Fsp3) is 0.0455. The summed E-state index contributed by atoms with van der Waals surface area (Å²) in [6.45, 7) is 0. The standard InChI is InChI=1S/C22H15FO2/c23-20-12-6-1-7-15(20)13-14-21(24)25-22-18-10-4-2-8-16(18)17-9-3-5-11-19(17)22/h1-14,22H/b14-13+. The van der Waals surface area contributed by atoms with E-state index in [4.69, 9.17) is 4.74 Å². The summed E-state index contributed by atoms with van der Waals surface area (Å²) in [5.74, 6) is -0.872. The number of fused-ring (bicyclic) bond motifs is 3. The lowest BCUT2D eigenvalue weighted by molar-refractivity contribution is -0.141. The van der Waals surface area contributed by atoms with Crippen LogP contribution >= 0.6 is 0 Å². The highest BCUT2D eigenvalue weighted by Gasteiger charge is 2.30. The zero-order chi connectivity index (χ0) is 17.2. The third-order valence-corrected chi connectivity index (χ3v) is 4.31. The molecular weight excluding hydrogens is 315 g/mol. The Balaban J connectivity index is 1.61. The highest BCUT2D eigenvalue weighted by molar-refractivity contribution is 5.88. The second-order valence-corrected chi connectivity index (χ2v) is 5.85. The number of benzene rings is 3. The summed E-state index contributed by atoms with van der Waals surface area (Å²) in [4.78, 5) is 12.3. The van der Waals surface area contributed by atoms with E-state index in [0.29, 0.717) is 5.56 Å². The summed E-state index contributed by atoms with van der Waals surface area (Å²) in [5, 5.41) is 0. The van der Waals surface area contributed by atoms with E-state index in [1.807, 2.05) is 48.5 Å². The maximum atomic E-state index is 13.6. The first kappa shape index (κ1) is 15.3. The van der Waals surface area contributed by atoms with Gasteiger partial charge in [0, 0.05) is 22.8 Å². The first-order chi connectivity index (χ1) is 12.2. The molecule has 1 aliphatic carbocycles. The van der Waals surface area contributed by atoms with E-state index in [1.54, 1.807) is 18.2 Å². The number of carbonyl (C=O) groups excluding carboxylic acids is 1. The monoisotopic (exact) mass is 330 g/mol. The predicted octanol–water partition coefficient (Wildman–Crippen LogP) is 5.15. The molecular formula is C22H15FO2. The van der Waals surface area contributed by atoms with E-state index in [9.17, 15) is 9.18 Å². The summed E-state index contributed by atoms with van der Waals surface area (Å²) in [7, 11) is 0. The zero-order valence-electron chi connectivity index (χ0n) is 13.4. The van der Waals surface area contributed by atoms with Gasteiger partial charge in [0.05, 0.1) is 0 Å². The lowest BCUT2D eigenvalue weighted by Crippen LogP contribution is -2.08. The average molecular weight is 330 g/mol. The minimum Gasteiger partial charge on any atom is -0.449 e. The van der Waals surface area contributed by atoms with Crippen LogP contribution in [0.4, 0.5) is 4.39 Å². The van der Waals surface area contributed by atoms with Crippen LogP contribution in [0.1, 0.15) is 22.8 Å². The van der Waals surface area contributed by atoms with Crippen molar-refractivity contribution in [2.45, 2.75) is 6.10 Å². The summed E-state index contributed by atoms with van der Waals surface area (Å²) in [6.07, 6.45) is 2.26. The Kier molecular flexibility index (Phi) is 3.90. The second-order valence-electron chi connectivity index (χ2n) is 5.85. The molecule has 0 aromatic heterocycles. The third kappa shape index (κ3) is 2.85. The van der Waals surface area contributed by atoms with E-state index in [0.717, 1.165) is 22.3 Å². The quantitative estimate of drug-likeness (QED) is 0.490. The lowest BCUT2D eigenvalue weighted by atomic mass is 10.1. The summed E-state index contributed by atoms with van der Waals surface area (Å²) in [6, 6.07) is 22.1. The van der Waals surface area contributed by atoms with Crippen molar-refractivity contribution in [3.05, 3.63) is 101 Å². The number of hydrogen-bond donors (Lipinski definition) is 0. The normalized spacial score (nSPS) is 12.8. The fourth-order valence-electron chi connectivity index (χ4n) is 3.16. The Morgan fingerprint density at radius 3 is 2.04 bits per heavy atom. The van der Waals surface area contributed by atoms with Crippen molar-refractivity contribution in [1.82, 2.24) is 0 Å². The van der Waals surface area contributed by atoms with Crippen molar-refractivity contribution in [2.75, 3.05) is 0 Å². The van der Waals surface area contributed by atoms with Crippen molar-refractivity contribution in [3.63, 3.8) is 0 Å². The van der Waals surface area contributed by atoms with Crippen LogP contribution in [0.5, 0.6) is 0 Å². The van der Waals surface area contributed by atoms with Gasteiger partial charge in [-0.2, -0.15) is 0 Å². The number of esters is 1. The molecule has 0 saturated heterocycles. The van der Waals surface area contributed by atoms with Crippen LogP contribution in [0.3, 0.4) is 0 Å². The predicted molar refractivity (Wildman–Crippen MR) is 95.2 cm³/mol. The highest BCUT2D eigenvalue weighted by Crippen LogP contribution is 2.45. The van der Waals surface area contributed by atoms with Crippen molar-refractivity contribution in [3.8, 4) is 11.1 Å². The molecule has 3 heteroatoms. The molecule has 0 amide bonds. The minimum absolute atomic E-state index is 0.353. The van der Waals surface area contributed by atoms with E-state index in [-0.39, 0.29) is 5.82 Å². The van der Waals surface area contributed by atoms with E-state index in [2.05, 4.69) is 0 Å². The SMILES string of the molecule is O=C(/C=C/c1ccccc1F)OC1c2ccccc2-c2ccccc21. The summed E-state index contributed by atoms with van der Waals surface area (Å²) in [5.41, 5.74) is 4.45. The van der Waals surface area contributed by atoms with Gasteiger partial charge in [-0.15, -0.1) is 0 Å². The first-order valence-corrected chi connectivity index (χ1v) is 8.05. The molecule has 0 fully saturated rings. The largest absolute Gasteiger partial charge is 0.449 e. The van der Waals surface area contributed by atoms with Gasteiger partial charge in [0.15, 0.2) is 6.10 Å². The molecule has 4 rings (SSSR count). The van der Waals surface area contributed by atoms with Gasteiger partial charge in [-0.05, 0) is 23.3 Å². The van der Waals surface area contributed by atoms with Gasteiger partial charge in [0.25, 0.3) is 0 Å². The maximum absolute atomic E-state index is 13.6. The van der Waals surface area contributed by atoms with E-state index in [1.165, 1.54) is 18.2 Å². The Bertz CT molecular complexity index is 930. The Morgan fingerprint density at radius 2 is 1.40 bits per heavy atom. The molecule has 2 nitrogen and oxygen atoms in total. The van der Waals surface area contributed by atoms with Gasteiger partial charge in [-0.1, -0.05) is 66.7 Å². The van der Waals surface area contributed by atoms with Crippen molar-refractivity contribution < 1.29 is 13.9 Å². The number of carbonyl (C=O) groups is 1. The van der Waals surface area contributed by atoms with Gasteiger partial charge in [0.1, 0.15) is 5.82 Å². The van der Waals surface area contributed by atoms with Gasteiger partial charge in [0.2, 0.25) is 0 Å². The van der Waals surface area contributed by atoms with Crippen LogP contribution in [0.15, 0.2) is 78.9 Å². The topological polar surface area (TPSA) is 26.3 Å². The minimum atomic E-state index is -0.500. The second kappa shape index (κ2) is 6.36. The van der Waals surface area contributed by atoms with Gasteiger partial charge in [-0.25, -0.2) is 9.18 Å². The van der Waals surface area contributed by atoms with Gasteiger partial charge in [-0.3, -0.25) is 0 Å². The van der Waals surface area contributed by atoms with Crippen LogP contribution in [-0.2, 0) is 9.53 Å². The number of halogens is 1. The molecule has 0 N–H and O–H groups in total. The van der Waals surface area contributed by atoms with Crippen LogP contribution < -0.4 is 0 Å². The molecule has 0 spiro atoms. The molecule has 0 saturated carbocycles. The Labute approximate surface area is 145 Å². The Morgan fingerprint density at radius 1 is 0.840 bits per heavy atom. The lowest BCUT2D eigenvalue weighted by Gasteiger charge is -2.13. The third-order valence-electron chi connectivity index (χ3n) is 4.31. The molecule has 0 heterocycles. The first-order valence-electron chi connectivity index (χ1n) is 8.05. The van der Waals surface area contributed by atoms with Crippen molar-refractivity contribution >= 4 is 12.0 Å². The summed E-state index contributed by atoms with van der Waals surface area (Å²) >= 11 is 0. The molecule has 1 aliphatic rings. The van der Waals surface area contributed by atoms with Gasteiger partial charge < -0.3 is 4.74 Å². The maximum Gasteiger partial charge on any atom is 0.331 e. The Hall–Kier alpha value is -3.20. The van der Waals surface area contributed by atoms with Crippen LogP contribution in [0.25, 0.3) is 17.2 Å². The van der Waals surface area contributed by atoms with E-state index >= 15 is 0 Å². The van der Waals surface area contributed by atoms with Gasteiger partial charge >= 0.3 is 5.97 Å². The van der Waals surface area contributed by atoms with Crippen LogP contribution in [0.2, 0.25) is 0 Å². The molecule has 0 radical (unpaired) electrons. The van der Waals surface area contributed by atoms with E-state index < -0.39 is 12.1 Å². The molecule has 0 aliphatic heterocycles. The smallest absolute Gasteiger partial charge is 0.331 e. The molecule has 3 aromatic carbocycles. The number of hydrogen-bond acceptors (Lipinski definition) is 2. The zero-order valence-corrected chi connectivity index (χ0v) is 13.4. The number of ether oxygens (including phenoxy) is 1. The van der Waals surface area contributed by atoms with Crippen molar-refractivity contribution in [1.29, 1.82) is 0 Å². The average Bonchev–Trinajstić information content (AvgIpc) is 2.96. The van der Waals surface area contributed by atoms with Crippen LogP contribution in [0, 0.1) is 5.82 Å². The molecule has 0 unspecified atom stereocenters. The summed E-state index contributed by atoms with van der Waals surface area (Å²) < 4.78 is 19.3. The van der Waals surface area contributed by atoms with Crippen LogP contribution in [-0.4, -0.2) is 5.97 Å². The molecule has 122 valence electrons. The fourth-order valence-corrected chi connectivity index (χ4v) is 3.16.